The molecule has 0 N–H and O–H groups in total. The molecule has 0 aliphatic heterocycles. The fraction of sp³-hybridized carbons (Fsp3) is 0. The third kappa shape index (κ3) is 6.08. The second-order valence-electron chi connectivity index (χ2n) is 13.7. The zero-order valence-corrected chi connectivity index (χ0v) is 29.9. The molecule has 8 aromatic carbocycles. The quantitative estimate of drug-likeness (QED) is 0.166. The van der Waals surface area contributed by atoms with Gasteiger partial charge in [0.15, 0.2) is 5.82 Å². The maximum Gasteiger partial charge on any atom is 0.160 e. The molecular weight excluding hydrogens is 669 g/mol. The van der Waals surface area contributed by atoms with Gasteiger partial charge in [-0.05, 0) is 69.3 Å². The van der Waals surface area contributed by atoms with E-state index in [4.69, 9.17) is 14.4 Å². The van der Waals surface area contributed by atoms with Crippen molar-refractivity contribution in [3.05, 3.63) is 206 Å². The van der Waals surface area contributed by atoms with Crippen molar-refractivity contribution in [2.75, 3.05) is 0 Å². The van der Waals surface area contributed by atoms with Crippen molar-refractivity contribution in [2.45, 2.75) is 0 Å². The van der Waals surface area contributed by atoms with Crippen LogP contribution < -0.4 is 0 Å². The number of aromatic nitrogens is 2. The number of fused-ring (bicyclic) bond motifs is 3. The van der Waals surface area contributed by atoms with Crippen LogP contribution in [0.1, 0.15) is 0 Å². The van der Waals surface area contributed by atoms with Gasteiger partial charge < -0.3 is 4.42 Å². The van der Waals surface area contributed by atoms with Crippen LogP contribution >= 0.6 is 0 Å². The van der Waals surface area contributed by atoms with Gasteiger partial charge in [-0.1, -0.05) is 176 Å². The first-order chi connectivity index (χ1) is 27.3. The number of benzene rings is 8. The van der Waals surface area contributed by atoms with E-state index in [0.717, 1.165) is 89.0 Å². The average Bonchev–Trinajstić information content (AvgIpc) is 3.66. The first-order valence-corrected chi connectivity index (χ1v) is 18.6. The van der Waals surface area contributed by atoms with Crippen LogP contribution in [0.2, 0.25) is 0 Å². The first-order valence-electron chi connectivity index (χ1n) is 18.6. The highest BCUT2D eigenvalue weighted by atomic mass is 16.3. The minimum atomic E-state index is 0.673. The van der Waals surface area contributed by atoms with Crippen molar-refractivity contribution in [1.29, 1.82) is 0 Å². The minimum absolute atomic E-state index is 0.673. The predicted molar refractivity (Wildman–Crippen MR) is 227 cm³/mol. The van der Waals surface area contributed by atoms with Crippen LogP contribution in [0, 0.1) is 0 Å². The van der Waals surface area contributed by atoms with E-state index in [0.29, 0.717) is 5.82 Å². The van der Waals surface area contributed by atoms with E-state index in [1.807, 2.05) is 30.3 Å². The Labute approximate surface area is 319 Å². The number of rotatable bonds is 7. The van der Waals surface area contributed by atoms with Crippen LogP contribution in [-0.2, 0) is 0 Å². The summed E-state index contributed by atoms with van der Waals surface area (Å²) < 4.78 is 6.61. The molecule has 3 heteroatoms. The normalized spacial score (nSPS) is 11.3. The number of furan rings is 1. The number of hydrogen-bond acceptors (Lipinski definition) is 3. The second kappa shape index (κ2) is 13.9. The number of para-hydroxylation sites is 2. The molecule has 0 aliphatic rings. The molecule has 55 heavy (non-hydrogen) atoms. The van der Waals surface area contributed by atoms with Gasteiger partial charge in [-0.3, -0.25) is 0 Å². The maximum absolute atomic E-state index is 6.61. The fourth-order valence-corrected chi connectivity index (χ4v) is 7.69. The van der Waals surface area contributed by atoms with Gasteiger partial charge >= 0.3 is 0 Å². The Morgan fingerprint density at radius 3 is 1.42 bits per heavy atom. The molecule has 10 rings (SSSR count). The van der Waals surface area contributed by atoms with Crippen molar-refractivity contribution < 1.29 is 4.42 Å². The summed E-state index contributed by atoms with van der Waals surface area (Å²) in [6.45, 7) is 0. The fourth-order valence-electron chi connectivity index (χ4n) is 7.69. The molecule has 10 aromatic rings. The molecule has 258 valence electrons. The number of hydrogen-bond donors (Lipinski definition) is 0. The van der Waals surface area contributed by atoms with E-state index in [1.165, 1.54) is 5.56 Å². The molecule has 0 fully saturated rings. The molecule has 2 aromatic heterocycles. The largest absolute Gasteiger partial charge is 0.455 e. The van der Waals surface area contributed by atoms with Crippen LogP contribution in [0.5, 0.6) is 0 Å². The zero-order valence-electron chi connectivity index (χ0n) is 29.9. The van der Waals surface area contributed by atoms with Crippen molar-refractivity contribution in [3.8, 4) is 78.4 Å². The molecule has 0 amide bonds. The summed E-state index contributed by atoms with van der Waals surface area (Å²) in [7, 11) is 0. The highest BCUT2D eigenvalue weighted by Gasteiger charge is 2.19. The Balaban J connectivity index is 1.24. The molecule has 0 radical (unpaired) electrons. The first kappa shape index (κ1) is 32.3. The summed E-state index contributed by atoms with van der Waals surface area (Å²) in [4.78, 5) is 10.6. The van der Waals surface area contributed by atoms with E-state index >= 15 is 0 Å². The molecule has 3 nitrogen and oxygen atoms in total. The molecule has 0 aliphatic carbocycles. The van der Waals surface area contributed by atoms with Gasteiger partial charge in [-0.2, -0.15) is 0 Å². The van der Waals surface area contributed by atoms with Gasteiger partial charge in [0.25, 0.3) is 0 Å². The van der Waals surface area contributed by atoms with Crippen molar-refractivity contribution >= 4 is 21.9 Å². The topological polar surface area (TPSA) is 38.9 Å². The molecule has 0 saturated carbocycles. The van der Waals surface area contributed by atoms with Crippen LogP contribution in [0.25, 0.3) is 100 Å². The zero-order chi connectivity index (χ0) is 36.6. The van der Waals surface area contributed by atoms with Crippen molar-refractivity contribution in [3.63, 3.8) is 0 Å². The van der Waals surface area contributed by atoms with Crippen LogP contribution in [-0.4, -0.2) is 9.97 Å². The van der Waals surface area contributed by atoms with Crippen LogP contribution in [0.4, 0.5) is 0 Å². The van der Waals surface area contributed by atoms with E-state index < -0.39 is 0 Å². The Morgan fingerprint density at radius 1 is 0.291 bits per heavy atom. The lowest BCUT2D eigenvalue weighted by atomic mass is 9.90. The van der Waals surface area contributed by atoms with Gasteiger partial charge in [0, 0.05) is 33.0 Å². The lowest BCUT2D eigenvalue weighted by Gasteiger charge is -2.16. The van der Waals surface area contributed by atoms with Gasteiger partial charge in [-0.15, -0.1) is 0 Å². The molecule has 2 heterocycles. The van der Waals surface area contributed by atoms with Crippen LogP contribution in [0.3, 0.4) is 0 Å². The minimum Gasteiger partial charge on any atom is -0.455 e. The monoisotopic (exact) mass is 702 g/mol. The summed E-state index contributed by atoms with van der Waals surface area (Å²) in [6, 6.07) is 72.1. The molecular formula is C52H34N2O. The maximum atomic E-state index is 6.61. The SMILES string of the molecule is c1ccc(-c2nc(-c3cc(-c4ccccc4-c4ccccc4)cc(-c4cccc5c4oc4ccccc45)c3)cc(-c3ccccc3-c3ccccc3)n2)cc1. The summed E-state index contributed by atoms with van der Waals surface area (Å²) in [6.07, 6.45) is 0. The lowest BCUT2D eigenvalue weighted by Crippen LogP contribution is -1.97. The second-order valence-corrected chi connectivity index (χ2v) is 13.7. The van der Waals surface area contributed by atoms with Gasteiger partial charge in [-0.25, -0.2) is 9.97 Å². The Morgan fingerprint density at radius 2 is 0.745 bits per heavy atom. The van der Waals surface area contributed by atoms with Crippen molar-refractivity contribution in [1.82, 2.24) is 9.97 Å². The summed E-state index contributed by atoms with van der Waals surface area (Å²) >= 11 is 0. The highest BCUT2D eigenvalue weighted by molar-refractivity contribution is 6.10. The molecule has 0 saturated heterocycles. The van der Waals surface area contributed by atoms with Crippen molar-refractivity contribution in [2.24, 2.45) is 0 Å². The molecule has 0 unspecified atom stereocenters. The third-order valence-corrected chi connectivity index (χ3v) is 10.3. The Bertz CT molecular complexity index is 2970. The van der Waals surface area contributed by atoms with Crippen LogP contribution in [0.15, 0.2) is 211 Å². The smallest absolute Gasteiger partial charge is 0.160 e. The van der Waals surface area contributed by atoms with E-state index in [-0.39, 0.29) is 0 Å². The lowest BCUT2D eigenvalue weighted by molar-refractivity contribution is 0.670. The standard InChI is InChI=1S/C52H34N2O/c1-4-17-35(18-5-1)41-23-10-11-25-43(41)38-31-39(44-28-16-29-47-46-27-14-15-30-50(46)55-51(44)47)33-40(32-38)48-34-49(54-52(53-48)37-21-8-3-9-22-37)45-26-13-12-24-42(45)36-19-6-2-7-20-36/h1-34H. The van der Waals surface area contributed by atoms with E-state index in [1.54, 1.807) is 0 Å². The van der Waals surface area contributed by atoms with E-state index in [2.05, 4.69) is 176 Å². The summed E-state index contributed by atoms with van der Waals surface area (Å²) in [5.74, 6) is 0.673. The predicted octanol–water partition coefficient (Wildman–Crippen LogP) is 14.0. The van der Waals surface area contributed by atoms with Gasteiger partial charge in [0.2, 0.25) is 0 Å². The third-order valence-electron chi connectivity index (χ3n) is 10.3. The Kier molecular flexibility index (Phi) is 8.16. The molecule has 0 spiro atoms. The molecule has 0 bridgehead atoms. The van der Waals surface area contributed by atoms with E-state index in [9.17, 15) is 0 Å². The summed E-state index contributed by atoms with van der Waals surface area (Å²) in [5, 5.41) is 2.20. The summed E-state index contributed by atoms with van der Waals surface area (Å²) in [5.41, 5.74) is 15.3. The molecule has 0 atom stereocenters. The van der Waals surface area contributed by atoms with Gasteiger partial charge in [0.05, 0.1) is 11.4 Å². The average molecular weight is 703 g/mol. The number of nitrogens with zero attached hydrogens (tertiary/aromatic N) is 2. The Hall–Kier alpha value is -7.36. The highest BCUT2D eigenvalue weighted by Crippen LogP contribution is 2.42. The van der Waals surface area contributed by atoms with Gasteiger partial charge in [0.1, 0.15) is 11.2 Å².